The van der Waals surface area contributed by atoms with Crippen molar-refractivity contribution in [3.05, 3.63) is 74.9 Å². The summed E-state index contributed by atoms with van der Waals surface area (Å²) in [5.74, 6) is 0.452. The van der Waals surface area contributed by atoms with E-state index in [2.05, 4.69) is 10.1 Å². The van der Waals surface area contributed by atoms with Gasteiger partial charge in [0.05, 0.1) is 30.3 Å². The number of hydrogen-bond acceptors (Lipinski definition) is 6. The summed E-state index contributed by atoms with van der Waals surface area (Å²) in [7, 11) is 0. The molecule has 1 saturated heterocycles. The van der Waals surface area contributed by atoms with Crippen molar-refractivity contribution in [2.75, 3.05) is 32.9 Å². The number of fused-ring (bicyclic) bond motifs is 1. The van der Waals surface area contributed by atoms with Gasteiger partial charge in [0.15, 0.2) is 6.61 Å². The van der Waals surface area contributed by atoms with Crippen LogP contribution in [0.3, 0.4) is 0 Å². The van der Waals surface area contributed by atoms with Crippen LogP contribution in [0.2, 0.25) is 0 Å². The molecule has 1 aliphatic rings. The van der Waals surface area contributed by atoms with Crippen LogP contribution in [0.15, 0.2) is 63.2 Å². The predicted molar refractivity (Wildman–Crippen MR) is 111 cm³/mol. The van der Waals surface area contributed by atoms with Gasteiger partial charge in [-0.3, -0.25) is 9.59 Å². The van der Waals surface area contributed by atoms with Crippen LogP contribution in [0.25, 0.3) is 10.9 Å². The first kappa shape index (κ1) is 19.6. The van der Waals surface area contributed by atoms with Crippen LogP contribution in [0.4, 0.5) is 0 Å². The predicted octanol–water partition coefficient (Wildman–Crippen LogP) is 0.810. The van der Waals surface area contributed by atoms with Crippen LogP contribution >= 0.6 is 0 Å². The fraction of sp³-hybridized carbons (Fsp3) is 0.238. The van der Waals surface area contributed by atoms with Crippen LogP contribution in [-0.2, 0) is 9.53 Å². The molecule has 1 N–H and O–H groups in total. The minimum atomic E-state index is -0.614. The van der Waals surface area contributed by atoms with E-state index in [0.29, 0.717) is 48.5 Å². The number of nitrogens with zero attached hydrogens (tertiary/aromatic N) is 3. The zero-order valence-corrected chi connectivity index (χ0v) is 16.1. The molecule has 9 heteroatoms. The first-order valence-corrected chi connectivity index (χ1v) is 9.48. The highest BCUT2D eigenvalue weighted by molar-refractivity contribution is 5.80. The summed E-state index contributed by atoms with van der Waals surface area (Å²) in [6.45, 7) is 2.19. The van der Waals surface area contributed by atoms with Crippen molar-refractivity contribution in [3.63, 3.8) is 0 Å². The normalized spacial score (nSPS) is 14.3. The van der Waals surface area contributed by atoms with Crippen molar-refractivity contribution in [2.45, 2.75) is 0 Å². The van der Waals surface area contributed by atoms with E-state index in [4.69, 9.17) is 9.47 Å². The summed E-state index contributed by atoms with van der Waals surface area (Å²) in [5.41, 5.74) is 0.0251. The second-order valence-electron chi connectivity index (χ2n) is 6.69. The van der Waals surface area contributed by atoms with E-state index in [1.165, 1.54) is 6.21 Å². The zero-order valence-electron chi connectivity index (χ0n) is 16.1. The number of benzene rings is 2. The smallest absolute Gasteiger partial charge is 0.349 e. The van der Waals surface area contributed by atoms with Gasteiger partial charge in [-0.1, -0.05) is 12.1 Å². The molecule has 0 radical (unpaired) electrons. The lowest BCUT2D eigenvalue weighted by atomic mass is 10.2. The molecule has 0 aliphatic carbocycles. The molecule has 1 amide bonds. The van der Waals surface area contributed by atoms with Crippen molar-refractivity contribution < 1.29 is 14.3 Å². The fourth-order valence-corrected chi connectivity index (χ4v) is 3.08. The number of ether oxygens (including phenoxy) is 2. The Morgan fingerprint density at radius 3 is 2.60 bits per heavy atom. The molecule has 1 aromatic heterocycles. The molecular weight excluding hydrogens is 388 g/mol. The van der Waals surface area contributed by atoms with Crippen LogP contribution in [0.5, 0.6) is 5.75 Å². The molecule has 3 aromatic rings. The molecule has 1 fully saturated rings. The molecule has 2 heterocycles. The van der Waals surface area contributed by atoms with Gasteiger partial charge in [0.25, 0.3) is 11.5 Å². The van der Waals surface area contributed by atoms with E-state index in [1.807, 2.05) is 0 Å². The van der Waals surface area contributed by atoms with E-state index in [9.17, 15) is 14.4 Å². The summed E-state index contributed by atoms with van der Waals surface area (Å²) in [5, 5.41) is 4.39. The van der Waals surface area contributed by atoms with Crippen LogP contribution in [0.1, 0.15) is 5.56 Å². The summed E-state index contributed by atoms with van der Waals surface area (Å²) >= 11 is 0. The lowest BCUT2D eigenvalue weighted by Crippen LogP contribution is -2.42. The Kier molecular flexibility index (Phi) is 5.71. The van der Waals surface area contributed by atoms with Crippen molar-refractivity contribution in [1.29, 1.82) is 0 Å². The van der Waals surface area contributed by atoms with Crippen molar-refractivity contribution in [2.24, 2.45) is 5.10 Å². The number of aromatic nitrogens is 2. The standard InChI is InChI=1S/C21H20N4O5/c26-19(24-9-11-29-12-10-24)14-30-16-7-5-15(6-8-16)13-22-25-20(27)17-3-1-2-4-18(17)23-21(25)28/h1-8,13H,9-12,14H2,(H,23,28). The minimum Gasteiger partial charge on any atom is -0.484 e. The highest BCUT2D eigenvalue weighted by Crippen LogP contribution is 2.12. The molecule has 154 valence electrons. The number of nitrogens with one attached hydrogen (secondary N) is 1. The Balaban J connectivity index is 1.43. The molecule has 4 rings (SSSR count). The SMILES string of the molecule is O=C(COc1ccc(C=Nn2c(=O)[nH]c3ccccc3c2=O)cc1)N1CCOCC1. The molecule has 0 bridgehead atoms. The first-order valence-electron chi connectivity index (χ1n) is 9.48. The van der Waals surface area contributed by atoms with E-state index in [-0.39, 0.29) is 12.5 Å². The Morgan fingerprint density at radius 1 is 1.10 bits per heavy atom. The van der Waals surface area contributed by atoms with E-state index >= 15 is 0 Å². The van der Waals surface area contributed by atoms with Gasteiger partial charge in [-0.15, -0.1) is 4.68 Å². The first-order chi connectivity index (χ1) is 14.6. The number of H-pyrrole nitrogens is 1. The van der Waals surface area contributed by atoms with Crippen LogP contribution in [0, 0.1) is 0 Å². The van der Waals surface area contributed by atoms with Gasteiger partial charge in [0.1, 0.15) is 5.75 Å². The van der Waals surface area contributed by atoms with Crippen molar-refractivity contribution in [3.8, 4) is 5.75 Å². The lowest BCUT2D eigenvalue weighted by Gasteiger charge is -2.26. The summed E-state index contributed by atoms with van der Waals surface area (Å²) in [4.78, 5) is 41.1. The van der Waals surface area contributed by atoms with Gasteiger partial charge in [0, 0.05) is 13.1 Å². The van der Waals surface area contributed by atoms with Crippen LogP contribution in [-0.4, -0.2) is 59.6 Å². The van der Waals surface area contributed by atoms with E-state index in [1.54, 1.807) is 53.4 Å². The van der Waals surface area contributed by atoms with Gasteiger partial charge >= 0.3 is 5.69 Å². The summed E-state index contributed by atoms with van der Waals surface area (Å²) in [6.07, 6.45) is 1.41. The third-order valence-corrected chi connectivity index (χ3v) is 4.71. The lowest BCUT2D eigenvalue weighted by molar-refractivity contribution is -0.137. The maximum Gasteiger partial charge on any atom is 0.349 e. The largest absolute Gasteiger partial charge is 0.484 e. The number of carbonyl (C=O) groups excluding carboxylic acids is 1. The van der Waals surface area contributed by atoms with E-state index in [0.717, 1.165) is 4.68 Å². The average molecular weight is 408 g/mol. The van der Waals surface area contributed by atoms with Gasteiger partial charge in [0.2, 0.25) is 0 Å². The second-order valence-corrected chi connectivity index (χ2v) is 6.69. The fourth-order valence-electron chi connectivity index (χ4n) is 3.08. The van der Waals surface area contributed by atoms with Crippen LogP contribution < -0.4 is 16.0 Å². The number of hydrogen-bond donors (Lipinski definition) is 1. The Bertz CT molecular complexity index is 1190. The van der Waals surface area contributed by atoms with Gasteiger partial charge in [-0.05, 0) is 42.0 Å². The molecule has 1 aliphatic heterocycles. The number of para-hydroxylation sites is 1. The van der Waals surface area contributed by atoms with Crippen molar-refractivity contribution >= 4 is 23.0 Å². The summed E-state index contributed by atoms with van der Waals surface area (Å²) in [6, 6.07) is 13.6. The minimum absolute atomic E-state index is 0.0463. The molecule has 0 spiro atoms. The molecule has 9 nitrogen and oxygen atoms in total. The number of aromatic amines is 1. The Morgan fingerprint density at radius 2 is 1.83 bits per heavy atom. The van der Waals surface area contributed by atoms with Gasteiger partial charge in [-0.2, -0.15) is 5.10 Å². The Labute approximate surface area is 171 Å². The number of rotatable bonds is 5. The van der Waals surface area contributed by atoms with Crippen molar-refractivity contribution in [1.82, 2.24) is 14.6 Å². The van der Waals surface area contributed by atoms with E-state index < -0.39 is 11.2 Å². The topological polar surface area (TPSA) is 106 Å². The molecule has 30 heavy (non-hydrogen) atoms. The monoisotopic (exact) mass is 408 g/mol. The molecule has 0 unspecified atom stereocenters. The zero-order chi connectivity index (χ0) is 20.9. The molecular formula is C21H20N4O5. The molecule has 0 atom stereocenters. The maximum atomic E-state index is 12.5. The van der Waals surface area contributed by atoms with Gasteiger partial charge in [-0.25, -0.2) is 4.79 Å². The third-order valence-electron chi connectivity index (χ3n) is 4.71. The number of amides is 1. The maximum absolute atomic E-state index is 12.5. The average Bonchev–Trinajstić information content (AvgIpc) is 2.78. The molecule has 2 aromatic carbocycles. The highest BCUT2D eigenvalue weighted by Gasteiger charge is 2.17. The quantitative estimate of drug-likeness (QED) is 0.629. The number of morpholine rings is 1. The molecule has 0 saturated carbocycles. The van der Waals surface area contributed by atoms with Gasteiger partial charge < -0.3 is 19.4 Å². The Hall–Kier alpha value is -3.72. The summed E-state index contributed by atoms with van der Waals surface area (Å²) < 4.78 is 11.6. The second kappa shape index (κ2) is 8.75. The highest BCUT2D eigenvalue weighted by atomic mass is 16.5. The number of carbonyl (C=O) groups is 1. The third kappa shape index (κ3) is 4.31.